The minimum Gasteiger partial charge on any atom is -0.479 e. The second-order valence-corrected chi connectivity index (χ2v) is 4.83. The second-order valence-electron chi connectivity index (χ2n) is 4.83. The summed E-state index contributed by atoms with van der Waals surface area (Å²) < 4.78 is 14.0. The molecule has 2 saturated heterocycles. The van der Waals surface area contributed by atoms with Gasteiger partial charge in [-0.25, -0.2) is 9.18 Å². The fourth-order valence-corrected chi connectivity index (χ4v) is 2.70. The van der Waals surface area contributed by atoms with Gasteiger partial charge in [-0.05, 0) is 45.3 Å². The van der Waals surface area contributed by atoms with Crippen molar-refractivity contribution in [3.63, 3.8) is 0 Å². The summed E-state index contributed by atoms with van der Waals surface area (Å²) in [6.45, 7) is 2.80. The van der Waals surface area contributed by atoms with Gasteiger partial charge in [-0.3, -0.25) is 4.90 Å². The number of likely N-dealkylation sites (tertiary alicyclic amines) is 1. The number of carbonyl (C=O) groups is 1. The first-order valence-electron chi connectivity index (χ1n) is 5.99. The molecule has 0 aromatic carbocycles. The van der Waals surface area contributed by atoms with Crippen LogP contribution in [0.3, 0.4) is 0 Å². The van der Waals surface area contributed by atoms with Gasteiger partial charge < -0.3 is 10.4 Å². The van der Waals surface area contributed by atoms with Crippen LogP contribution in [0.5, 0.6) is 0 Å². The highest BCUT2D eigenvalue weighted by Gasteiger charge is 2.44. The summed E-state index contributed by atoms with van der Waals surface area (Å²) in [5, 5.41) is 12.2. The van der Waals surface area contributed by atoms with Gasteiger partial charge in [-0.15, -0.1) is 0 Å². The van der Waals surface area contributed by atoms with Crippen molar-refractivity contribution in [1.29, 1.82) is 0 Å². The Morgan fingerprint density at radius 2 is 2.12 bits per heavy atom. The van der Waals surface area contributed by atoms with Crippen molar-refractivity contribution >= 4 is 5.97 Å². The summed E-state index contributed by atoms with van der Waals surface area (Å²) >= 11 is 0. The van der Waals surface area contributed by atoms with E-state index in [4.69, 9.17) is 5.11 Å². The Morgan fingerprint density at radius 3 is 2.75 bits per heavy atom. The summed E-state index contributed by atoms with van der Waals surface area (Å²) in [6, 6.07) is 0.357. The van der Waals surface area contributed by atoms with E-state index in [1.165, 1.54) is 0 Å². The Labute approximate surface area is 94.8 Å². The molecule has 2 rings (SSSR count). The summed E-state index contributed by atoms with van der Waals surface area (Å²) in [5.74, 6) is -1.30. The Kier molecular flexibility index (Phi) is 3.44. The molecule has 1 unspecified atom stereocenters. The molecule has 0 aromatic heterocycles. The number of aliphatic carboxylic acids is 1. The van der Waals surface area contributed by atoms with E-state index < -0.39 is 11.6 Å². The third kappa shape index (κ3) is 2.35. The van der Waals surface area contributed by atoms with Crippen LogP contribution in [0.4, 0.5) is 4.39 Å². The zero-order valence-electron chi connectivity index (χ0n) is 9.41. The van der Waals surface area contributed by atoms with Gasteiger partial charge in [-0.2, -0.15) is 0 Å². The number of hydrogen-bond acceptors (Lipinski definition) is 3. The van der Waals surface area contributed by atoms with Gasteiger partial charge >= 0.3 is 5.97 Å². The van der Waals surface area contributed by atoms with Gasteiger partial charge in [0.05, 0.1) is 0 Å². The molecular weight excluding hydrogens is 211 g/mol. The average molecular weight is 230 g/mol. The van der Waals surface area contributed by atoms with Gasteiger partial charge in [0.2, 0.25) is 5.67 Å². The van der Waals surface area contributed by atoms with Gasteiger partial charge in [0, 0.05) is 12.6 Å². The maximum atomic E-state index is 14.0. The van der Waals surface area contributed by atoms with E-state index in [2.05, 4.69) is 5.32 Å². The van der Waals surface area contributed by atoms with Crippen LogP contribution in [0.15, 0.2) is 0 Å². The Bertz CT molecular complexity index is 269. The predicted octanol–water partition coefficient (Wildman–Crippen LogP) is 0.627. The molecule has 0 amide bonds. The van der Waals surface area contributed by atoms with Crippen LogP contribution in [0.2, 0.25) is 0 Å². The monoisotopic (exact) mass is 230 g/mol. The smallest absolute Gasteiger partial charge is 0.342 e. The normalized spacial score (nSPS) is 33.8. The Balaban J connectivity index is 1.98. The van der Waals surface area contributed by atoms with E-state index in [1.54, 1.807) is 0 Å². The average Bonchev–Trinajstić information content (AvgIpc) is 2.30. The van der Waals surface area contributed by atoms with Crippen LogP contribution >= 0.6 is 0 Å². The highest BCUT2D eigenvalue weighted by atomic mass is 19.1. The van der Waals surface area contributed by atoms with Crippen LogP contribution in [0.1, 0.15) is 25.7 Å². The molecule has 2 aliphatic heterocycles. The first-order valence-corrected chi connectivity index (χ1v) is 5.99. The molecule has 0 spiro atoms. The van der Waals surface area contributed by atoms with E-state index in [0.717, 1.165) is 32.5 Å². The van der Waals surface area contributed by atoms with Crippen molar-refractivity contribution in [3.05, 3.63) is 0 Å². The lowest BCUT2D eigenvalue weighted by Gasteiger charge is -2.41. The minimum absolute atomic E-state index is 0.0625. The van der Waals surface area contributed by atoms with Crippen LogP contribution < -0.4 is 5.32 Å². The number of hydrogen-bond donors (Lipinski definition) is 2. The van der Waals surface area contributed by atoms with Gasteiger partial charge in [0.15, 0.2) is 0 Å². The van der Waals surface area contributed by atoms with E-state index in [-0.39, 0.29) is 13.0 Å². The first kappa shape index (κ1) is 11.8. The molecule has 0 radical (unpaired) electrons. The van der Waals surface area contributed by atoms with Crippen LogP contribution in [-0.4, -0.2) is 53.9 Å². The maximum absolute atomic E-state index is 14.0. The van der Waals surface area contributed by atoms with Gasteiger partial charge in [-0.1, -0.05) is 0 Å². The molecule has 1 atom stereocenters. The SMILES string of the molecule is O=C(O)C1(F)CCCN(C2CCNCC2)C1. The molecule has 92 valence electrons. The molecule has 2 heterocycles. The molecule has 16 heavy (non-hydrogen) atoms. The summed E-state index contributed by atoms with van der Waals surface area (Å²) in [5.41, 5.74) is -2.02. The Hall–Kier alpha value is -0.680. The summed E-state index contributed by atoms with van der Waals surface area (Å²) in [7, 11) is 0. The van der Waals surface area contributed by atoms with E-state index in [0.29, 0.717) is 12.5 Å². The number of rotatable bonds is 2. The number of nitrogens with one attached hydrogen (secondary N) is 1. The molecule has 0 saturated carbocycles. The zero-order valence-corrected chi connectivity index (χ0v) is 9.41. The molecular formula is C11H19FN2O2. The summed E-state index contributed by atoms with van der Waals surface area (Å²) in [4.78, 5) is 12.9. The molecule has 0 aromatic rings. The highest BCUT2D eigenvalue weighted by molar-refractivity contribution is 5.77. The largest absolute Gasteiger partial charge is 0.479 e. The number of carboxylic acids is 1. The quantitative estimate of drug-likeness (QED) is 0.730. The van der Waals surface area contributed by atoms with Crippen molar-refractivity contribution in [1.82, 2.24) is 10.2 Å². The molecule has 2 fully saturated rings. The molecule has 2 N–H and O–H groups in total. The van der Waals surface area contributed by atoms with E-state index >= 15 is 0 Å². The van der Waals surface area contributed by atoms with Crippen LogP contribution in [0.25, 0.3) is 0 Å². The van der Waals surface area contributed by atoms with E-state index in [9.17, 15) is 9.18 Å². The predicted molar refractivity (Wildman–Crippen MR) is 58.2 cm³/mol. The number of carboxylic acid groups (broad SMARTS) is 1. The number of halogens is 1. The zero-order chi connectivity index (χ0) is 11.6. The lowest BCUT2D eigenvalue weighted by molar-refractivity contribution is -0.155. The lowest BCUT2D eigenvalue weighted by atomic mass is 9.92. The number of piperidine rings is 2. The molecule has 2 aliphatic rings. The van der Waals surface area contributed by atoms with Gasteiger partial charge in [0.25, 0.3) is 0 Å². The van der Waals surface area contributed by atoms with E-state index in [1.807, 2.05) is 4.90 Å². The van der Waals surface area contributed by atoms with Crippen molar-refractivity contribution in [3.8, 4) is 0 Å². The van der Waals surface area contributed by atoms with Crippen molar-refractivity contribution in [2.24, 2.45) is 0 Å². The first-order chi connectivity index (χ1) is 7.62. The fourth-order valence-electron chi connectivity index (χ4n) is 2.70. The third-order valence-corrected chi connectivity index (χ3v) is 3.68. The topological polar surface area (TPSA) is 52.6 Å². The number of alkyl halides is 1. The van der Waals surface area contributed by atoms with Crippen molar-refractivity contribution in [2.45, 2.75) is 37.4 Å². The molecule has 0 aliphatic carbocycles. The Morgan fingerprint density at radius 1 is 1.44 bits per heavy atom. The number of nitrogens with zero attached hydrogens (tertiary/aromatic N) is 1. The molecule has 5 heteroatoms. The minimum atomic E-state index is -2.02. The standard InChI is InChI=1S/C11H19FN2O2/c12-11(10(15)16)4-1-7-14(8-11)9-2-5-13-6-3-9/h9,13H,1-8H2,(H,15,16). The third-order valence-electron chi connectivity index (χ3n) is 3.68. The van der Waals surface area contributed by atoms with Crippen LogP contribution in [-0.2, 0) is 4.79 Å². The fraction of sp³-hybridized carbons (Fsp3) is 0.909. The second kappa shape index (κ2) is 4.67. The lowest BCUT2D eigenvalue weighted by Crippen LogP contribution is -2.55. The highest BCUT2D eigenvalue weighted by Crippen LogP contribution is 2.28. The maximum Gasteiger partial charge on any atom is 0.342 e. The molecule has 4 nitrogen and oxygen atoms in total. The van der Waals surface area contributed by atoms with Crippen molar-refractivity contribution in [2.75, 3.05) is 26.2 Å². The van der Waals surface area contributed by atoms with Crippen LogP contribution in [0, 0.1) is 0 Å². The van der Waals surface area contributed by atoms with Crippen molar-refractivity contribution < 1.29 is 14.3 Å². The van der Waals surface area contributed by atoms with Gasteiger partial charge in [0.1, 0.15) is 0 Å². The molecule has 0 bridgehead atoms. The summed E-state index contributed by atoms with van der Waals surface area (Å²) in [6.07, 6.45) is 2.79.